The molecule has 1 amide bonds. The molecule has 3 rings (SSSR count). The van der Waals surface area contributed by atoms with E-state index in [9.17, 15) is 9.59 Å². The number of carbonyl (C=O) groups is 2. The molecule has 152 valence electrons. The molecule has 2 aromatic heterocycles. The lowest BCUT2D eigenvalue weighted by Gasteiger charge is -2.06. The molecule has 0 fully saturated rings. The minimum absolute atomic E-state index is 0.127. The third-order valence-corrected chi connectivity index (χ3v) is 5.99. The molecule has 0 unspecified atom stereocenters. The highest BCUT2D eigenvalue weighted by molar-refractivity contribution is 7.99. The van der Waals surface area contributed by atoms with Crippen molar-refractivity contribution < 1.29 is 19.1 Å². The highest BCUT2D eigenvalue weighted by Crippen LogP contribution is 2.29. The van der Waals surface area contributed by atoms with Gasteiger partial charge in [-0.25, -0.2) is 4.79 Å². The SMILES string of the molecule is COC(=O)c1cc(C)sc1NC(=O)CSc1nnc(-c2cccc(OC)c2)n1C. The van der Waals surface area contributed by atoms with Crippen molar-refractivity contribution in [2.45, 2.75) is 12.1 Å². The van der Waals surface area contributed by atoms with E-state index in [2.05, 4.69) is 15.5 Å². The van der Waals surface area contributed by atoms with Crippen LogP contribution in [0.1, 0.15) is 15.2 Å². The van der Waals surface area contributed by atoms with Gasteiger partial charge in [0.15, 0.2) is 11.0 Å². The highest BCUT2D eigenvalue weighted by atomic mass is 32.2. The molecule has 29 heavy (non-hydrogen) atoms. The maximum atomic E-state index is 12.4. The molecule has 10 heteroatoms. The average Bonchev–Trinajstić information content (AvgIpc) is 3.27. The number of nitrogens with one attached hydrogen (secondary N) is 1. The average molecular weight is 433 g/mol. The first-order chi connectivity index (χ1) is 13.9. The zero-order chi connectivity index (χ0) is 21.0. The van der Waals surface area contributed by atoms with E-state index in [-0.39, 0.29) is 11.7 Å². The fraction of sp³-hybridized carbons (Fsp3) is 0.263. The summed E-state index contributed by atoms with van der Waals surface area (Å²) in [4.78, 5) is 25.1. The van der Waals surface area contributed by atoms with E-state index in [1.165, 1.54) is 30.2 Å². The van der Waals surface area contributed by atoms with Crippen LogP contribution in [0.5, 0.6) is 5.75 Å². The van der Waals surface area contributed by atoms with Crippen molar-refractivity contribution in [1.29, 1.82) is 0 Å². The Hall–Kier alpha value is -2.85. The minimum atomic E-state index is -0.478. The second-order valence-corrected chi connectivity index (χ2v) is 8.22. The number of carbonyl (C=O) groups excluding carboxylic acids is 2. The van der Waals surface area contributed by atoms with Gasteiger partial charge in [-0.15, -0.1) is 21.5 Å². The van der Waals surface area contributed by atoms with Gasteiger partial charge in [0.25, 0.3) is 0 Å². The number of anilines is 1. The van der Waals surface area contributed by atoms with Gasteiger partial charge >= 0.3 is 5.97 Å². The van der Waals surface area contributed by atoms with Gasteiger partial charge in [-0.2, -0.15) is 0 Å². The van der Waals surface area contributed by atoms with Gasteiger partial charge in [-0.3, -0.25) is 4.79 Å². The number of thioether (sulfide) groups is 1. The summed E-state index contributed by atoms with van der Waals surface area (Å²) in [6.07, 6.45) is 0. The number of hydrogen-bond acceptors (Lipinski definition) is 8. The van der Waals surface area contributed by atoms with Crippen LogP contribution >= 0.6 is 23.1 Å². The summed E-state index contributed by atoms with van der Waals surface area (Å²) in [5.41, 5.74) is 1.22. The predicted molar refractivity (Wildman–Crippen MR) is 113 cm³/mol. The third-order valence-electron chi connectivity index (χ3n) is 4.01. The van der Waals surface area contributed by atoms with Crippen molar-refractivity contribution in [3.8, 4) is 17.1 Å². The third kappa shape index (κ3) is 4.77. The molecule has 0 saturated heterocycles. The van der Waals surface area contributed by atoms with Gasteiger partial charge < -0.3 is 19.4 Å². The Labute approximate surface area is 176 Å². The van der Waals surface area contributed by atoms with Crippen molar-refractivity contribution in [2.75, 3.05) is 25.3 Å². The Morgan fingerprint density at radius 3 is 2.76 bits per heavy atom. The molecule has 0 aliphatic carbocycles. The number of aromatic nitrogens is 3. The van der Waals surface area contributed by atoms with Crippen LogP contribution in [0, 0.1) is 6.92 Å². The second-order valence-electron chi connectivity index (χ2n) is 6.03. The molecule has 0 atom stereocenters. The van der Waals surface area contributed by atoms with E-state index >= 15 is 0 Å². The zero-order valence-electron chi connectivity index (χ0n) is 16.4. The van der Waals surface area contributed by atoms with Crippen molar-refractivity contribution in [3.05, 3.63) is 40.8 Å². The number of ether oxygens (including phenoxy) is 2. The van der Waals surface area contributed by atoms with Gasteiger partial charge in [0, 0.05) is 17.5 Å². The molecule has 2 heterocycles. The van der Waals surface area contributed by atoms with Crippen LogP contribution in [0.15, 0.2) is 35.5 Å². The normalized spacial score (nSPS) is 10.6. The quantitative estimate of drug-likeness (QED) is 0.452. The molecular weight excluding hydrogens is 412 g/mol. The maximum absolute atomic E-state index is 12.4. The predicted octanol–water partition coefficient (Wildman–Crippen LogP) is 3.38. The van der Waals surface area contributed by atoms with Gasteiger partial charge in [-0.1, -0.05) is 23.9 Å². The summed E-state index contributed by atoms with van der Waals surface area (Å²) in [5.74, 6) is 0.809. The number of methoxy groups -OCH3 is 2. The fourth-order valence-corrected chi connectivity index (χ4v) is 4.24. The lowest BCUT2D eigenvalue weighted by Crippen LogP contribution is -2.16. The zero-order valence-corrected chi connectivity index (χ0v) is 18.0. The van der Waals surface area contributed by atoms with Crippen LogP contribution < -0.4 is 10.1 Å². The van der Waals surface area contributed by atoms with E-state index < -0.39 is 5.97 Å². The van der Waals surface area contributed by atoms with E-state index in [0.717, 1.165) is 16.2 Å². The number of aryl methyl sites for hydroxylation is 1. The number of amides is 1. The van der Waals surface area contributed by atoms with Crippen LogP contribution in [0.2, 0.25) is 0 Å². The van der Waals surface area contributed by atoms with Crippen LogP contribution in [-0.2, 0) is 16.6 Å². The lowest BCUT2D eigenvalue weighted by atomic mass is 10.2. The molecule has 1 aromatic carbocycles. The first kappa shape index (κ1) is 20.9. The van der Waals surface area contributed by atoms with Crippen LogP contribution in [0.3, 0.4) is 0 Å². The number of hydrogen-bond donors (Lipinski definition) is 1. The van der Waals surface area contributed by atoms with E-state index in [4.69, 9.17) is 9.47 Å². The van der Waals surface area contributed by atoms with Gasteiger partial charge in [0.1, 0.15) is 10.8 Å². The minimum Gasteiger partial charge on any atom is -0.497 e. The number of nitrogens with zero attached hydrogens (tertiary/aromatic N) is 3. The Morgan fingerprint density at radius 1 is 1.24 bits per heavy atom. The Balaban J connectivity index is 1.67. The first-order valence-electron chi connectivity index (χ1n) is 8.58. The van der Waals surface area contributed by atoms with Crippen molar-refractivity contribution >= 4 is 40.0 Å². The van der Waals surface area contributed by atoms with Gasteiger partial charge in [0.05, 0.1) is 25.5 Å². The molecule has 0 spiro atoms. The van der Waals surface area contributed by atoms with E-state index in [0.29, 0.717) is 21.5 Å². The molecule has 8 nitrogen and oxygen atoms in total. The van der Waals surface area contributed by atoms with Crippen molar-refractivity contribution in [3.63, 3.8) is 0 Å². The van der Waals surface area contributed by atoms with Gasteiger partial charge in [0.2, 0.25) is 5.91 Å². The summed E-state index contributed by atoms with van der Waals surface area (Å²) >= 11 is 2.59. The lowest BCUT2D eigenvalue weighted by molar-refractivity contribution is -0.113. The van der Waals surface area contributed by atoms with Crippen LogP contribution in [0.4, 0.5) is 5.00 Å². The summed E-state index contributed by atoms with van der Waals surface area (Å²) < 4.78 is 11.8. The Kier molecular flexibility index (Phi) is 6.55. The topological polar surface area (TPSA) is 95.3 Å². The summed E-state index contributed by atoms with van der Waals surface area (Å²) in [6.45, 7) is 1.86. The summed E-state index contributed by atoms with van der Waals surface area (Å²) in [5, 5.41) is 12.3. The van der Waals surface area contributed by atoms with Crippen molar-refractivity contribution in [1.82, 2.24) is 14.8 Å². The molecule has 0 aliphatic heterocycles. The van der Waals surface area contributed by atoms with Gasteiger partial charge in [-0.05, 0) is 25.1 Å². The first-order valence-corrected chi connectivity index (χ1v) is 10.4. The smallest absolute Gasteiger partial charge is 0.340 e. The second kappa shape index (κ2) is 9.10. The fourth-order valence-electron chi connectivity index (χ4n) is 2.62. The largest absolute Gasteiger partial charge is 0.497 e. The Bertz CT molecular complexity index is 1040. The van der Waals surface area contributed by atoms with Crippen LogP contribution in [0.25, 0.3) is 11.4 Å². The van der Waals surface area contributed by atoms with Crippen LogP contribution in [-0.4, -0.2) is 46.6 Å². The number of benzene rings is 1. The molecule has 3 aromatic rings. The monoisotopic (exact) mass is 432 g/mol. The number of thiophene rings is 1. The Morgan fingerprint density at radius 2 is 2.03 bits per heavy atom. The molecule has 0 bridgehead atoms. The number of rotatable bonds is 7. The van der Waals surface area contributed by atoms with Crippen molar-refractivity contribution in [2.24, 2.45) is 7.05 Å². The standard InChI is InChI=1S/C19H20N4O4S2/c1-11-8-14(18(25)27-4)17(29-11)20-15(24)10-28-19-22-21-16(23(19)2)12-6-5-7-13(9-12)26-3/h5-9H,10H2,1-4H3,(H,20,24). The molecule has 1 N–H and O–H groups in total. The molecule has 0 radical (unpaired) electrons. The number of esters is 1. The molecule has 0 saturated carbocycles. The maximum Gasteiger partial charge on any atom is 0.340 e. The molecule has 0 aliphatic rings. The molecular formula is C19H20N4O4S2. The van der Waals surface area contributed by atoms with E-state index in [1.807, 2.05) is 42.8 Å². The summed E-state index contributed by atoms with van der Waals surface area (Å²) in [7, 11) is 4.76. The highest BCUT2D eigenvalue weighted by Gasteiger charge is 2.18. The van der Waals surface area contributed by atoms with E-state index in [1.54, 1.807) is 13.2 Å². The summed E-state index contributed by atoms with van der Waals surface area (Å²) in [6, 6.07) is 9.22.